The molecule has 0 aliphatic heterocycles. The minimum Gasteiger partial charge on any atom is -0.370 e. The van der Waals surface area contributed by atoms with Crippen molar-refractivity contribution in [2.24, 2.45) is 11.6 Å². The molecule has 0 atom stereocenters. The summed E-state index contributed by atoms with van der Waals surface area (Å²) >= 11 is 0. The molecule has 1 heterocycles. The number of amides is 1. The zero-order valence-corrected chi connectivity index (χ0v) is 8.84. The van der Waals surface area contributed by atoms with Gasteiger partial charge in [0.1, 0.15) is 5.82 Å². The lowest BCUT2D eigenvalue weighted by Gasteiger charge is -2.06. The van der Waals surface area contributed by atoms with Crippen LogP contribution in [0.25, 0.3) is 0 Å². The number of carbonyl (C=O) groups excluding carboxylic acids is 1. The number of hydrogen-bond donors (Lipinski definition) is 4. The second kappa shape index (κ2) is 5.61. The number of nitrogens with zero attached hydrogens (tertiary/aromatic N) is 2. The Morgan fingerprint density at radius 3 is 2.76 bits per heavy atom. The topological polar surface area (TPSA) is 149 Å². The Bertz CT molecular complexity index is 435. The van der Waals surface area contributed by atoms with Crippen LogP contribution in [0.1, 0.15) is 6.42 Å². The number of carbonyl (C=O) groups is 1. The number of nitrogens with one attached hydrogen (secondary N) is 2. The number of anilines is 2. The van der Waals surface area contributed by atoms with Gasteiger partial charge in [0.2, 0.25) is 11.7 Å². The lowest BCUT2D eigenvalue weighted by atomic mass is 10.3. The van der Waals surface area contributed by atoms with Gasteiger partial charge in [-0.1, -0.05) is 0 Å². The Kier molecular flexibility index (Phi) is 4.17. The van der Waals surface area contributed by atoms with E-state index in [1.54, 1.807) is 0 Å². The van der Waals surface area contributed by atoms with Gasteiger partial charge in [-0.15, -0.1) is 0 Å². The van der Waals surface area contributed by atoms with Crippen LogP contribution >= 0.6 is 0 Å². The fourth-order valence-corrected chi connectivity index (χ4v) is 1.11. The SMILES string of the molecule is NNc1ccc([N+](=O)[O-])c(NCCC(N)=O)n1. The van der Waals surface area contributed by atoms with E-state index in [0.29, 0.717) is 0 Å². The molecule has 9 heteroatoms. The quantitative estimate of drug-likeness (QED) is 0.299. The highest BCUT2D eigenvalue weighted by Crippen LogP contribution is 2.23. The molecule has 92 valence electrons. The maximum absolute atomic E-state index is 10.7. The lowest BCUT2D eigenvalue weighted by Crippen LogP contribution is -2.17. The van der Waals surface area contributed by atoms with Gasteiger partial charge < -0.3 is 16.5 Å². The minimum absolute atomic E-state index is 0.0340. The van der Waals surface area contributed by atoms with Crippen molar-refractivity contribution in [2.75, 3.05) is 17.3 Å². The van der Waals surface area contributed by atoms with Crippen molar-refractivity contribution in [1.29, 1.82) is 0 Å². The van der Waals surface area contributed by atoms with E-state index in [1.807, 2.05) is 0 Å². The fraction of sp³-hybridized carbons (Fsp3) is 0.250. The first kappa shape index (κ1) is 12.6. The van der Waals surface area contributed by atoms with E-state index in [0.717, 1.165) is 0 Å². The number of primary amides is 1. The smallest absolute Gasteiger partial charge is 0.311 e. The Balaban J connectivity index is 2.85. The fourth-order valence-electron chi connectivity index (χ4n) is 1.11. The molecule has 0 spiro atoms. The standard InChI is InChI=1S/C8H12N6O3/c9-6(15)3-4-11-8-5(14(16)17)1-2-7(12-8)13-10/h1-2H,3-4,10H2,(H2,9,15)(H2,11,12,13). The Hall–Kier alpha value is -2.42. The molecule has 0 bridgehead atoms. The first-order chi connectivity index (χ1) is 8.04. The number of aromatic nitrogens is 1. The summed E-state index contributed by atoms with van der Waals surface area (Å²) in [5.74, 6) is 4.94. The van der Waals surface area contributed by atoms with Gasteiger partial charge in [-0.3, -0.25) is 14.9 Å². The summed E-state index contributed by atoms with van der Waals surface area (Å²) in [7, 11) is 0. The number of pyridine rings is 1. The maximum atomic E-state index is 10.7. The number of hydrogen-bond acceptors (Lipinski definition) is 7. The average molecular weight is 240 g/mol. The summed E-state index contributed by atoms with van der Waals surface area (Å²) < 4.78 is 0. The van der Waals surface area contributed by atoms with Crippen molar-refractivity contribution in [3.63, 3.8) is 0 Å². The number of nitrogen functional groups attached to an aromatic ring is 1. The van der Waals surface area contributed by atoms with Crippen LogP contribution in [0.2, 0.25) is 0 Å². The Labute approximate surface area is 96.3 Å². The van der Waals surface area contributed by atoms with E-state index in [9.17, 15) is 14.9 Å². The van der Waals surface area contributed by atoms with Crippen molar-refractivity contribution >= 4 is 23.2 Å². The number of nitrogens with two attached hydrogens (primary N) is 2. The van der Waals surface area contributed by atoms with Gasteiger partial charge in [-0.2, -0.15) is 0 Å². The van der Waals surface area contributed by atoms with Crippen molar-refractivity contribution in [3.05, 3.63) is 22.2 Å². The van der Waals surface area contributed by atoms with Crippen molar-refractivity contribution in [3.8, 4) is 0 Å². The first-order valence-corrected chi connectivity index (χ1v) is 4.69. The molecule has 0 radical (unpaired) electrons. The third kappa shape index (κ3) is 3.57. The van der Waals surface area contributed by atoms with E-state index < -0.39 is 10.8 Å². The molecule has 6 N–H and O–H groups in total. The van der Waals surface area contributed by atoms with E-state index in [-0.39, 0.29) is 30.3 Å². The van der Waals surface area contributed by atoms with Crippen molar-refractivity contribution in [2.45, 2.75) is 6.42 Å². The molecule has 0 aliphatic carbocycles. The highest BCUT2D eigenvalue weighted by Gasteiger charge is 2.15. The largest absolute Gasteiger partial charge is 0.370 e. The molecular formula is C8H12N6O3. The summed E-state index contributed by atoms with van der Waals surface area (Å²) in [6.45, 7) is 0.164. The number of hydrazine groups is 1. The number of rotatable bonds is 6. The van der Waals surface area contributed by atoms with E-state index >= 15 is 0 Å². The van der Waals surface area contributed by atoms with Gasteiger partial charge in [0.15, 0.2) is 0 Å². The molecule has 0 saturated heterocycles. The average Bonchev–Trinajstić information content (AvgIpc) is 2.28. The summed E-state index contributed by atoms with van der Waals surface area (Å²) in [6, 6.07) is 2.63. The molecule has 0 saturated carbocycles. The van der Waals surface area contributed by atoms with Crippen LogP contribution < -0.4 is 22.3 Å². The van der Waals surface area contributed by atoms with Crippen LogP contribution in [0.4, 0.5) is 17.3 Å². The molecule has 1 amide bonds. The lowest BCUT2D eigenvalue weighted by molar-refractivity contribution is -0.384. The monoisotopic (exact) mass is 240 g/mol. The van der Waals surface area contributed by atoms with Gasteiger partial charge in [0.25, 0.3) is 0 Å². The summed E-state index contributed by atoms with van der Waals surface area (Å²) in [5.41, 5.74) is 7.01. The van der Waals surface area contributed by atoms with Crippen LogP contribution in [0.3, 0.4) is 0 Å². The van der Waals surface area contributed by atoms with E-state index in [2.05, 4.69) is 15.7 Å². The third-order valence-electron chi connectivity index (χ3n) is 1.88. The van der Waals surface area contributed by atoms with Crippen molar-refractivity contribution in [1.82, 2.24) is 4.98 Å². The summed E-state index contributed by atoms with van der Waals surface area (Å²) in [5, 5.41) is 13.4. The van der Waals surface area contributed by atoms with Gasteiger partial charge >= 0.3 is 5.69 Å². The van der Waals surface area contributed by atoms with Crippen LogP contribution in [0.15, 0.2) is 12.1 Å². The van der Waals surface area contributed by atoms with E-state index in [4.69, 9.17) is 11.6 Å². The van der Waals surface area contributed by atoms with Gasteiger partial charge in [-0.25, -0.2) is 10.8 Å². The zero-order chi connectivity index (χ0) is 12.8. The highest BCUT2D eigenvalue weighted by atomic mass is 16.6. The third-order valence-corrected chi connectivity index (χ3v) is 1.88. The van der Waals surface area contributed by atoms with Crippen LogP contribution in [0.5, 0.6) is 0 Å². The van der Waals surface area contributed by atoms with Crippen LogP contribution in [0, 0.1) is 10.1 Å². The van der Waals surface area contributed by atoms with Gasteiger partial charge in [0, 0.05) is 19.0 Å². The highest BCUT2D eigenvalue weighted by molar-refractivity contribution is 5.74. The molecule has 1 aromatic rings. The van der Waals surface area contributed by atoms with Crippen LogP contribution in [-0.4, -0.2) is 22.4 Å². The predicted molar refractivity (Wildman–Crippen MR) is 61.0 cm³/mol. The van der Waals surface area contributed by atoms with Gasteiger partial charge in [-0.05, 0) is 6.07 Å². The predicted octanol–water partition coefficient (Wildman–Crippen LogP) is -0.437. The minimum atomic E-state index is -0.583. The zero-order valence-electron chi connectivity index (χ0n) is 8.84. The molecule has 1 aromatic heterocycles. The maximum Gasteiger partial charge on any atom is 0.311 e. The molecule has 1 rings (SSSR count). The summed E-state index contributed by atoms with van der Waals surface area (Å²) in [4.78, 5) is 24.5. The second-order valence-electron chi connectivity index (χ2n) is 3.11. The first-order valence-electron chi connectivity index (χ1n) is 4.69. The molecule has 9 nitrogen and oxygen atoms in total. The molecule has 0 fully saturated rings. The Morgan fingerprint density at radius 1 is 1.53 bits per heavy atom. The molecule has 17 heavy (non-hydrogen) atoms. The summed E-state index contributed by atoms with van der Waals surface area (Å²) in [6.07, 6.45) is 0.0547. The molecule has 0 aliphatic rings. The van der Waals surface area contributed by atoms with E-state index in [1.165, 1.54) is 12.1 Å². The molecular weight excluding hydrogens is 228 g/mol. The normalized spacial score (nSPS) is 9.71. The molecule has 0 aromatic carbocycles. The Morgan fingerprint density at radius 2 is 2.24 bits per heavy atom. The van der Waals surface area contributed by atoms with Crippen LogP contribution in [-0.2, 0) is 4.79 Å². The second-order valence-corrected chi connectivity index (χ2v) is 3.11. The van der Waals surface area contributed by atoms with Gasteiger partial charge in [0.05, 0.1) is 4.92 Å². The number of nitro groups is 1. The van der Waals surface area contributed by atoms with Crippen molar-refractivity contribution < 1.29 is 9.72 Å². The molecule has 0 unspecified atom stereocenters.